The largest absolute Gasteiger partial charge is 0.456 e. The van der Waals surface area contributed by atoms with Crippen LogP contribution in [-0.2, 0) is 16.1 Å². The van der Waals surface area contributed by atoms with Crippen LogP contribution in [-0.4, -0.2) is 15.4 Å². The first-order valence-corrected chi connectivity index (χ1v) is 10.3. The number of nitrogens with zero attached hydrogens (tertiary/aromatic N) is 2. The standard InChI is InChI=1S/C21H16N2O3S2/c1-14-4-2-5-15(10-14)11-17(18-6-3-8-27-18)20(25)26-13-16-12-19(24)23-7-9-28-21(23)22-16/h2-12H,13H2,1H3/b17-11+. The summed E-state index contributed by atoms with van der Waals surface area (Å²) >= 11 is 2.83. The van der Waals surface area contributed by atoms with Crippen LogP contribution in [0.4, 0.5) is 0 Å². The smallest absolute Gasteiger partial charge is 0.339 e. The zero-order valence-corrected chi connectivity index (χ0v) is 16.6. The number of hydrogen-bond acceptors (Lipinski definition) is 6. The molecule has 28 heavy (non-hydrogen) atoms. The molecule has 0 aliphatic heterocycles. The average Bonchev–Trinajstić information content (AvgIpc) is 3.36. The molecule has 5 nitrogen and oxygen atoms in total. The fourth-order valence-electron chi connectivity index (χ4n) is 2.77. The van der Waals surface area contributed by atoms with Crippen LogP contribution >= 0.6 is 22.7 Å². The molecule has 3 aromatic heterocycles. The fraction of sp³-hybridized carbons (Fsp3) is 0.0952. The van der Waals surface area contributed by atoms with E-state index in [2.05, 4.69) is 4.98 Å². The minimum absolute atomic E-state index is 0.0565. The average molecular weight is 409 g/mol. The van der Waals surface area contributed by atoms with E-state index in [0.29, 0.717) is 16.2 Å². The van der Waals surface area contributed by atoms with Crippen LogP contribution in [0, 0.1) is 6.92 Å². The number of thiophene rings is 1. The van der Waals surface area contributed by atoms with Crippen molar-refractivity contribution >= 4 is 45.3 Å². The van der Waals surface area contributed by atoms with Gasteiger partial charge in [0.15, 0.2) is 4.96 Å². The second kappa shape index (κ2) is 7.92. The molecule has 4 aromatic rings. The number of benzene rings is 1. The normalized spacial score (nSPS) is 11.7. The quantitative estimate of drug-likeness (QED) is 0.363. The van der Waals surface area contributed by atoms with Gasteiger partial charge in [-0.1, -0.05) is 35.9 Å². The Kier molecular flexibility index (Phi) is 5.18. The Bertz CT molecular complexity index is 1220. The summed E-state index contributed by atoms with van der Waals surface area (Å²) in [7, 11) is 0. The Balaban J connectivity index is 1.59. The maximum absolute atomic E-state index is 12.8. The first-order chi connectivity index (χ1) is 13.6. The van der Waals surface area contributed by atoms with Crippen LogP contribution in [0.1, 0.15) is 21.7 Å². The molecule has 0 unspecified atom stereocenters. The number of hydrogen-bond donors (Lipinski definition) is 0. The van der Waals surface area contributed by atoms with Crippen molar-refractivity contribution in [1.82, 2.24) is 9.38 Å². The number of fused-ring (bicyclic) bond motifs is 1. The summed E-state index contributed by atoms with van der Waals surface area (Å²) in [6, 6.07) is 13.1. The second-order valence-corrected chi connectivity index (χ2v) is 7.99. The van der Waals surface area contributed by atoms with Crippen molar-refractivity contribution in [1.29, 1.82) is 0 Å². The zero-order chi connectivity index (χ0) is 19.5. The molecule has 3 heterocycles. The third-order valence-corrected chi connectivity index (χ3v) is 5.73. The number of aryl methyl sites for hydroxylation is 1. The Morgan fingerprint density at radius 1 is 1.18 bits per heavy atom. The molecule has 0 amide bonds. The predicted octanol–water partition coefficient (Wildman–Crippen LogP) is 4.41. The summed E-state index contributed by atoms with van der Waals surface area (Å²) in [4.78, 5) is 30.7. The van der Waals surface area contributed by atoms with Gasteiger partial charge in [0, 0.05) is 22.5 Å². The van der Waals surface area contributed by atoms with Crippen molar-refractivity contribution in [3.63, 3.8) is 0 Å². The summed E-state index contributed by atoms with van der Waals surface area (Å²) in [5, 5.41) is 3.71. The summed E-state index contributed by atoms with van der Waals surface area (Å²) < 4.78 is 6.95. The highest BCUT2D eigenvalue weighted by atomic mass is 32.1. The number of esters is 1. The number of thiazole rings is 1. The van der Waals surface area contributed by atoms with E-state index in [-0.39, 0.29) is 12.2 Å². The molecular weight excluding hydrogens is 392 g/mol. The topological polar surface area (TPSA) is 60.7 Å². The Morgan fingerprint density at radius 3 is 2.86 bits per heavy atom. The van der Waals surface area contributed by atoms with E-state index < -0.39 is 5.97 Å². The fourth-order valence-corrected chi connectivity index (χ4v) is 4.24. The number of aromatic nitrogens is 2. The molecule has 0 aliphatic rings. The van der Waals surface area contributed by atoms with Crippen molar-refractivity contribution in [2.45, 2.75) is 13.5 Å². The van der Waals surface area contributed by atoms with Gasteiger partial charge in [-0.2, -0.15) is 0 Å². The number of carbonyl (C=O) groups is 1. The molecule has 4 rings (SSSR count). The molecule has 0 atom stereocenters. The molecule has 0 saturated carbocycles. The van der Waals surface area contributed by atoms with Crippen LogP contribution in [0.15, 0.2) is 64.2 Å². The molecule has 140 valence electrons. The Labute approximate surface area is 169 Å². The van der Waals surface area contributed by atoms with Gasteiger partial charge >= 0.3 is 5.97 Å². The van der Waals surface area contributed by atoms with E-state index in [1.165, 1.54) is 33.1 Å². The van der Waals surface area contributed by atoms with Crippen molar-refractivity contribution in [2.75, 3.05) is 0 Å². The highest BCUT2D eigenvalue weighted by molar-refractivity contribution is 7.15. The van der Waals surface area contributed by atoms with E-state index in [9.17, 15) is 9.59 Å². The van der Waals surface area contributed by atoms with Crippen molar-refractivity contribution in [3.8, 4) is 0 Å². The van der Waals surface area contributed by atoms with Gasteiger partial charge in [0.25, 0.3) is 5.56 Å². The maximum atomic E-state index is 12.8. The van der Waals surface area contributed by atoms with Gasteiger partial charge in [-0.25, -0.2) is 9.78 Å². The van der Waals surface area contributed by atoms with Gasteiger partial charge in [0.2, 0.25) is 0 Å². The van der Waals surface area contributed by atoms with E-state index >= 15 is 0 Å². The highest BCUT2D eigenvalue weighted by Gasteiger charge is 2.16. The van der Waals surface area contributed by atoms with Crippen LogP contribution in [0.3, 0.4) is 0 Å². The summed E-state index contributed by atoms with van der Waals surface area (Å²) in [5.41, 5.74) is 2.76. The molecule has 0 spiro atoms. The van der Waals surface area contributed by atoms with E-state index in [1.807, 2.05) is 54.8 Å². The Morgan fingerprint density at radius 2 is 2.07 bits per heavy atom. The van der Waals surface area contributed by atoms with Gasteiger partial charge < -0.3 is 4.74 Å². The van der Waals surface area contributed by atoms with Gasteiger partial charge in [0.1, 0.15) is 6.61 Å². The van der Waals surface area contributed by atoms with Crippen molar-refractivity contribution in [2.24, 2.45) is 0 Å². The van der Waals surface area contributed by atoms with Crippen LogP contribution < -0.4 is 5.56 Å². The summed E-state index contributed by atoms with van der Waals surface area (Å²) in [6.45, 7) is 1.95. The SMILES string of the molecule is Cc1cccc(/C=C(/C(=O)OCc2cc(=O)n3ccsc3n2)c2cccs2)c1. The van der Waals surface area contributed by atoms with Crippen molar-refractivity contribution < 1.29 is 9.53 Å². The molecule has 0 radical (unpaired) electrons. The van der Waals surface area contributed by atoms with Crippen LogP contribution in [0.2, 0.25) is 0 Å². The first kappa shape index (κ1) is 18.3. The van der Waals surface area contributed by atoms with Crippen LogP contribution in [0.5, 0.6) is 0 Å². The lowest BCUT2D eigenvalue weighted by Gasteiger charge is -2.08. The highest BCUT2D eigenvalue weighted by Crippen LogP contribution is 2.25. The molecule has 0 N–H and O–H groups in total. The van der Waals surface area contributed by atoms with Gasteiger partial charge in [-0.05, 0) is 30.0 Å². The van der Waals surface area contributed by atoms with Crippen LogP contribution in [0.25, 0.3) is 16.6 Å². The summed E-state index contributed by atoms with van der Waals surface area (Å²) in [5.74, 6) is -0.447. The van der Waals surface area contributed by atoms with Gasteiger partial charge in [-0.15, -0.1) is 22.7 Å². The monoisotopic (exact) mass is 408 g/mol. The molecule has 7 heteroatoms. The third-order valence-electron chi connectivity index (χ3n) is 4.07. The maximum Gasteiger partial charge on any atom is 0.339 e. The Hall–Kier alpha value is -3.03. The van der Waals surface area contributed by atoms with E-state index in [0.717, 1.165) is 16.0 Å². The lowest BCUT2D eigenvalue weighted by atomic mass is 10.1. The predicted molar refractivity (Wildman–Crippen MR) is 113 cm³/mol. The van der Waals surface area contributed by atoms with E-state index in [4.69, 9.17) is 4.74 Å². The molecular formula is C21H16N2O3S2. The number of ether oxygens (including phenoxy) is 1. The number of rotatable bonds is 5. The van der Waals surface area contributed by atoms with Gasteiger partial charge in [0.05, 0.1) is 11.3 Å². The number of carbonyl (C=O) groups excluding carboxylic acids is 1. The summed E-state index contributed by atoms with van der Waals surface area (Å²) in [6.07, 6.45) is 3.50. The molecule has 0 aliphatic carbocycles. The minimum Gasteiger partial charge on any atom is -0.456 e. The molecule has 1 aromatic carbocycles. The third kappa shape index (κ3) is 3.95. The molecule has 0 bridgehead atoms. The van der Waals surface area contributed by atoms with E-state index in [1.54, 1.807) is 11.6 Å². The molecule has 0 saturated heterocycles. The lowest BCUT2D eigenvalue weighted by molar-refractivity contribution is -0.137. The zero-order valence-electron chi connectivity index (χ0n) is 15.0. The second-order valence-electron chi connectivity index (χ2n) is 6.17. The molecule has 0 fully saturated rings. The minimum atomic E-state index is -0.447. The van der Waals surface area contributed by atoms with Crippen molar-refractivity contribution in [3.05, 3.63) is 91.5 Å². The lowest BCUT2D eigenvalue weighted by Crippen LogP contribution is -2.15. The van der Waals surface area contributed by atoms with Gasteiger partial charge in [-0.3, -0.25) is 9.20 Å². The first-order valence-electron chi connectivity index (χ1n) is 8.55.